The Labute approximate surface area is 168 Å². The molecular formula is C22H33N5O. The van der Waals surface area contributed by atoms with E-state index in [1.54, 1.807) is 17.2 Å². The van der Waals surface area contributed by atoms with Crippen LogP contribution in [0.3, 0.4) is 0 Å². The zero-order valence-corrected chi connectivity index (χ0v) is 17.4. The summed E-state index contributed by atoms with van der Waals surface area (Å²) in [6.45, 7) is 7.88. The Balaban J connectivity index is 1.83. The quantitative estimate of drug-likeness (QED) is 0.381. The number of hydrogen-bond donors (Lipinski definition) is 0. The normalized spacial score (nSPS) is 13.2. The van der Waals surface area contributed by atoms with Gasteiger partial charge in [-0.25, -0.2) is 0 Å². The Morgan fingerprint density at radius 2 is 1.86 bits per heavy atom. The minimum absolute atomic E-state index is 0.505. The molecule has 0 aliphatic heterocycles. The van der Waals surface area contributed by atoms with Crippen LogP contribution >= 0.6 is 0 Å². The van der Waals surface area contributed by atoms with Gasteiger partial charge in [0.1, 0.15) is 5.75 Å². The highest BCUT2D eigenvalue weighted by atomic mass is 16.5. The molecule has 2 aromatic rings. The van der Waals surface area contributed by atoms with Gasteiger partial charge in [0, 0.05) is 0 Å². The second-order valence-corrected chi connectivity index (χ2v) is 6.91. The van der Waals surface area contributed by atoms with Crippen LogP contribution < -0.4 is 4.74 Å². The molecule has 1 aromatic heterocycles. The Morgan fingerprint density at radius 1 is 1.11 bits per heavy atom. The first-order valence-corrected chi connectivity index (χ1v) is 10.4. The van der Waals surface area contributed by atoms with Gasteiger partial charge in [0.25, 0.3) is 0 Å². The Kier molecular flexibility index (Phi) is 9.97. The molecule has 0 amide bonds. The summed E-state index contributed by atoms with van der Waals surface area (Å²) < 4.78 is 5.94. The van der Waals surface area contributed by atoms with Crippen molar-refractivity contribution in [3.05, 3.63) is 42.7 Å². The number of benzene rings is 1. The molecule has 0 N–H and O–H groups in total. The third-order valence-electron chi connectivity index (χ3n) is 4.64. The van der Waals surface area contributed by atoms with Crippen LogP contribution in [-0.2, 0) is 0 Å². The number of azo groups is 1. The monoisotopic (exact) mass is 383 g/mol. The molecule has 2 rings (SSSR count). The number of rotatable bonds is 13. The summed E-state index contributed by atoms with van der Waals surface area (Å²) in [5.41, 5.74) is 1.87. The van der Waals surface area contributed by atoms with Crippen molar-refractivity contribution < 1.29 is 4.74 Å². The number of aromatic nitrogens is 3. The molecule has 6 nitrogen and oxygen atoms in total. The largest absolute Gasteiger partial charge is 0.493 e. The van der Waals surface area contributed by atoms with Crippen LogP contribution in [0.4, 0.5) is 5.69 Å². The summed E-state index contributed by atoms with van der Waals surface area (Å²) in [6, 6.07) is 7.81. The van der Waals surface area contributed by atoms with Gasteiger partial charge in [-0.2, -0.15) is 25.2 Å². The summed E-state index contributed by atoms with van der Waals surface area (Å²) in [4.78, 5) is 1.65. The van der Waals surface area contributed by atoms with Gasteiger partial charge in [-0.15, -0.1) is 0 Å². The molecule has 0 spiro atoms. The Hall–Kier alpha value is -2.50. The summed E-state index contributed by atoms with van der Waals surface area (Å²) in [5.74, 6) is 1.52. The lowest BCUT2D eigenvalue weighted by atomic mass is 10.0. The summed E-state index contributed by atoms with van der Waals surface area (Å²) in [6.07, 6.45) is 12.2. The molecule has 1 heterocycles. The predicted molar refractivity (Wildman–Crippen MR) is 114 cm³/mol. The zero-order chi connectivity index (χ0) is 20.0. The maximum Gasteiger partial charge on any atom is 0.119 e. The molecule has 0 saturated carbocycles. The van der Waals surface area contributed by atoms with Gasteiger partial charge in [-0.05, 0) is 49.1 Å². The van der Waals surface area contributed by atoms with Gasteiger partial charge >= 0.3 is 0 Å². The maximum absolute atomic E-state index is 5.94. The second kappa shape index (κ2) is 12.8. The van der Waals surface area contributed by atoms with Gasteiger partial charge < -0.3 is 4.74 Å². The number of nitrogens with zero attached hydrogens (tertiary/aromatic N) is 5. The third-order valence-corrected chi connectivity index (χ3v) is 4.64. The minimum Gasteiger partial charge on any atom is -0.493 e. The third kappa shape index (κ3) is 7.62. The lowest BCUT2D eigenvalue weighted by Crippen LogP contribution is -2.11. The lowest BCUT2D eigenvalue weighted by Gasteiger charge is -2.15. The van der Waals surface area contributed by atoms with Crippen LogP contribution in [0.5, 0.6) is 5.75 Å². The minimum atomic E-state index is 0.505. The van der Waals surface area contributed by atoms with Crippen LogP contribution in [-0.4, -0.2) is 28.1 Å². The van der Waals surface area contributed by atoms with Crippen LogP contribution in [0.2, 0.25) is 0 Å². The smallest absolute Gasteiger partial charge is 0.119 e. The molecular weight excluding hydrogens is 350 g/mol. The standard InChI is InChI=1S/C22H33N5O/c1-4-7-9-19(6-3)18-28-22-12-10-20(11-13-22)26-23-15-14-21(8-5-2)27-24-16-17-25-27/h10-14,16-17,19H,4-9,15,18H2,1-3H3/b21-14+,26-23?. The molecule has 28 heavy (non-hydrogen) atoms. The molecule has 1 unspecified atom stereocenters. The highest BCUT2D eigenvalue weighted by Gasteiger charge is 2.07. The molecule has 1 aromatic carbocycles. The molecule has 0 radical (unpaired) electrons. The molecule has 0 fully saturated rings. The molecule has 1 atom stereocenters. The predicted octanol–water partition coefficient (Wildman–Crippen LogP) is 6.30. The van der Waals surface area contributed by atoms with Crippen molar-refractivity contribution in [3.63, 3.8) is 0 Å². The lowest BCUT2D eigenvalue weighted by molar-refractivity contribution is 0.233. The fourth-order valence-electron chi connectivity index (χ4n) is 2.89. The molecule has 0 aliphatic rings. The topological polar surface area (TPSA) is 64.7 Å². The van der Waals surface area contributed by atoms with E-state index in [0.717, 1.165) is 43.0 Å². The summed E-state index contributed by atoms with van der Waals surface area (Å²) in [5, 5.41) is 16.9. The number of hydrogen-bond acceptors (Lipinski definition) is 5. The van der Waals surface area contributed by atoms with Crippen molar-refractivity contribution in [2.24, 2.45) is 16.1 Å². The van der Waals surface area contributed by atoms with Gasteiger partial charge in [0.2, 0.25) is 0 Å². The first-order valence-electron chi connectivity index (χ1n) is 10.4. The zero-order valence-electron chi connectivity index (χ0n) is 17.4. The van der Waals surface area contributed by atoms with E-state index >= 15 is 0 Å². The van der Waals surface area contributed by atoms with Crippen molar-refractivity contribution in [2.45, 2.75) is 59.3 Å². The molecule has 0 bridgehead atoms. The average Bonchev–Trinajstić information content (AvgIpc) is 3.26. The van der Waals surface area contributed by atoms with E-state index in [-0.39, 0.29) is 0 Å². The molecule has 0 saturated heterocycles. The first kappa shape index (κ1) is 21.8. The molecule has 6 heteroatoms. The molecule has 152 valence electrons. The maximum atomic E-state index is 5.94. The van der Waals surface area contributed by atoms with E-state index in [1.807, 2.05) is 30.3 Å². The number of allylic oxidation sites excluding steroid dienone is 1. The summed E-state index contributed by atoms with van der Waals surface area (Å²) in [7, 11) is 0. The first-order chi connectivity index (χ1) is 13.8. The SMILES string of the molecule is CCCCC(CC)COc1ccc(N=NC/C=C(\CCC)n2nccn2)cc1. The van der Waals surface area contributed by atoms with Crippen LogP contribution in [0.1, 0.15) is 59.3 Å². The van der Waals surface area contributed by atoms with Crippen LogP contribution in [0.15, 0.2) is 53.0 Å². The number of ether oxygens (including phenoxy) is 1. The van der Waals surface area contributed by atoms with Crippen molar-refractivity contribution in [1.29, 1.82) is 0 Å². The van der Waals surface area contributed by atoms with Gasteiger partial charge in [0.15, 0.2) is 0 Å². The van der Waals surface area contributed by atoms with E-state index in [2.05, 4.69) is 41.2 Å². The van der Waals surface area contributed by atoms with Crippen molar-refractivity contribution in [3.8, 4) is 5.75 Å². The van der Waals surface area contributed by atoms with E-state index in [0.29, 0.717) is 12.5 Å². The highest BCUT2D eigenvalue weighted by molar-refractivity contribution is 5.42. The van der Waals surface area contributed by atoms with Crippen molar-refractivity contribution >= 4 is 11.4 Å². The number of unbranched alkanes of at least 4 members (excludes halogenated alkanes) is 1. The van der Waals surface area contributed by atoms with Gasteiger partial charge in [-0.3, -0.25) is 0 Å². The van der Waals surface area contributed by atoms with E-state index in [4.69, 9.17) is 4.74 Å². The fourth-order valence-corrected chi connectivity index (χ4v) is 2.89. The van der Waals surface area contributed by atoms with Crippen LogP contribution in [0.25, 0.3) is 5.70 Å². The highest BCUT2D eigenvalue weighted by Crippen LogP contribution is 2.21. The van der Waals surface area contributed by atoms with Gasteiger partial charge in [0.05, 0.1) is 36.9 Å². The average molecular weight is 384 g/mol. The van der Waals surface area contributed by atoms with E-state index in [9.17, 15) is 0 Å². The second-order valence-electron chi connectivity index (χ2n) is 6.91. The van der Waals surface area contributed by atoms with Crippen molar-refractivity contribution in [1.82, 2.24) is 15.0 Å². The van der Waals surface area contributed by atoms with Gasteiger partial charge in [-0.1, -0.05) is 46.5 Å². The van der Waals surface area contributed by atoms with E-state index in [1.165, 1.54) is 19.3 Å². The van der Waals surface area contributed by atoms with Crippen molar-refractivity contribution in [2.75, 3.05) is 13.2 Å². The molecule has 0 aliphatic carbocycles. The Bertz CT molecular complexity index is 707. The fraction of sp³-hybridized carbons (Fsp3) is 0.545. The Morgan fingerprint density at radius 3 is 2.50 bits per heavy atom. The van der Waals surface area contributed by atoms with Crippen LogP contribution in [0, 0.1) is 5.92 Å². The summed E-state index contributed by atoms with van der Waals surface area (Å²) >= 11 is 0. The van der Waals surface area contributed by atoms with E-state index < -0.39 is 0 Å².